The molecule has 0 saturated heterocycles. The van der Waals surface area contributed by atoms with Crippen LogP contribution in [0.25, 0.3) is 0 Å². The Labute approximate surface area is 91.6 Å². The first-order valence-corrected chi connectivity index (χ1v) is 5.30. The summed E-state index contributed by atoms with van der Waals surface area (Å²) in [5.41, 5.74) is -0.817. The van der Waals surface area contributed by atoms with E-state index in [0.717, 1.165) is 12.5 Å². The first-order chi connectivity index (χ1) is 7.39. The maximum atomic E-state index is 12.5. The summed E-state index contributed by atoms with van der Waals surface area (Å²) in [5.74, 6) is 0.749. The van der Waals surface area contributed by atoms with E-state index in [-0.39, 0.29) is 12.0 Å². The van der Waals surface area contributed by atoms with Gasteiger partial charge in [0.2, 0.25) is 0 Å². The molecule has 90 valence electrons. The highest BCUT2D eigenvalue weighted by atomic mass is 19.4. The van der Waals surface area contributed by atoms with Crippen molar-refractivity contribution in [1.29, 1.82) is 0 Å². The van der Waals surface area contributed by atoms with Crippen molar-refractivity contribution >= 4 is 5.82 Å². The Kier molecular flexibility index (Phi) is 2.59. The van der Waals surface area contributed by atoms with Gasteiger partial charge in [0.25, 0.3) is 0 Å². The van der Waals surface area contributed by atoms with Crippen LogP contribution in [-0.2, 0) is 6.18 Å². The highest BCUT2D eigenvalue weighted by molar-refractivity contribution is 5.40. The molecule has 1 aromatic rings. The van der Waals surface area contributed by atoms with Crippen LogP contribution in [-0.4, -0.2) is 16.3 Å². The molecule has 1 unspecified atom stereocenters. The molecule has 0 amide bonds. The number of nitrogens with one attached hydrogen (secondary N) is 1. The number of aromatic nitrogens is 2. The molecule has 1 aromatic heterocycles. The van der Waals surface area contributed by atoms with E-state index in [1.54, 1.807) is 0 Å². The lowest BCUT2D eigenvalue weighted by Crippen LogP contribution is -2.27. The Morgan fingerprint density at radius 3 is 2.75 bits per heavy atom. The van der Waals surface area contributed by atoms with Gasteiger partial charge in [0.1, 0.15) is 5.82 Å². The SMILES string of the molecule is CC(C)C1CCNc2cc(C(F)(F)F)nn21. The van der Waals surface area contributed by atoms with Crippen molar-refractivity contribution in [2.24, 2.45) is 5.92 Å². The van der Waals surface area contributed by atoms with Crippen LogP contribution < -0.4 is 5.32 Å². The molecule has 0 radical (unpaired) electrons. The van der Waals surface area contributed by atoms with Gasteiger partial charge in [0.15, 0.2) is 5.69 Å². The van der Waals surface area contributed by atoms with Crippen LogP contribution in [0, 0.1) is 5.92 Å². The van der Waals surface area contributed by atoms with Gasteiger partial charge >= 0.3 is 6.18 Å². The van der Waals surface area contributed by atoms with E-state index in [4.69, 9.17) is 0 Å². The van der Waals surface area contributed by atoms with Gasteiger partial charge in [-0.1, -0.05) is 13.8 Å². The second-order valence-corrected chi connectivity index (χ2v) is 4.38. The number of hydrogen-bond acceptors (Lipinski definition) is 2. The number of anilines is 1. The van der Waals surface area contributed by atoms with E-state index < -0.39 is 11.9 Å². The van der Waals surface area contributed by atoms with Crippen molar-refractivity contribution in [3.63, 3.8) is 0 Å². The molecule has 0 aliphatic carbocycles. The smallest absolute Gasteiger partial charge is 0.370 e. The van der Waals surface area contributed by atoms with Gasteiger partial charge in [0, 0.05) is 12.6 Å². The van der Waals surface area contributed by atoms with Gasteiger partial charge in [-0.3, -0.25) is 0 Å². The molecular weight excluding hydrogens is 219 g/mol. The third-order valence-electron chi connectivity index (χ3n) is 2.86. The molecule has 0 fully saturated rings. The lowest BCUT2D eigenvalue weighted by molar-refractivity contribution is -0.141. The van der Waals surface area contributed by atoms with Crippen LogP contribution in [0.5, 0.6) is 0 Å². The monoisotopic (exact) mass is 233 g/mol. The minimum Gasteiger partial charge on any atom is -0.370 e. The lowest BCUT2D eigenvalue weighted by atomic mass is 10.00. The van der Waals surface area contributed by atoms with Crippen LogP contribution in [0.2, 0.25) is 0 Å². The van der Waals surface area contributed by atoms with Crippen LogP contribution in [0.3, 0.4) is 0 Å². The first kappa shape index (κ1) is 11.3. The molecule has 16 heavy (non-hydrogen) atoms. The summed E-state index contributed by atoms with van der Waals surface area (Å²) in [6, 6.07) is 1.13. The minimum absolute atomic E-state index is 0.0485. The van der Waals surface area contributed by atoms with E-state index in [2.05, 4.69) is 10.4 Å². The molecule has 1 N–H and O–H groups in total. The minimum atomic E-state index is -4.37. The molecule has 1 atom stereocenters. The Morgan fingerprint density at radius 2 is 2.19 bits per heavy atom. The molecule has 6 heteroatoms. The molecular formula is C10H14F3N3. The fraction of sp³-hybridized carbons (Fsp3) is 0.700. The zero-order valence-corrected chi connectivity index (χ0v) is 9.17. The number of fused-ring (bicyclic) bond motifs is 1. The summed E-state index contributed by atoms with van der Waals surface area (Å²) in [6.07, 6.45) is -3.56. The standard InChI is InChI=1S/C10H14F3N3/c1-6(2)7-3-4-14-9-5-8(10(11,12)13)15-16(7)9/h5-7,14H,3-4H2,1-2H3. The summed E-state index contributed by atoms with van der Waals surface area (Å²) >= 11 is 0. The van der Waals surface area contributed by atoms with Crippen molar-refractivity contribution in [2.75, 3.05) is 11.9 Å². The molecule has 2 heterocycles. The van der Waals surface area contributed by atoms with E-state index in [1.807, 2.05) is 13.8 Å². The van der Waals surface area contributed by atoms with Gasteiger partial charge in [-0.05, 0) is 12.3 Å². The van der Waals surface area contributed by atoms with E-state index >= 15 is 0 Å². The van der Waals surface area contributed by atoms with Crippen molar-refractivity contribution in [2.45, 2.75) is 32.5 Å². The maximum Gasteiger partial charge on any atom is 0.435 e. The summed E-state index contributed by atoms with van der Waals surface area (Å²) < 4.78 is 39.0. The number of rotatable bonds is 1. The Bertz CT molecular complexity index is 381. The third-order valence-corrected chi connectivity index (χ3v) is 2.86. The van der Waals surface area contributed by atoms with Gasteiger partial charge in [-0.25, -0.2) is 4.68 Å². The van der Waals surface area contributed by atoms with Crippen LogP contribution in [0.1, 0.15) is 32.0 Å². The Balaban J connectivity index is 2.38. The topological polar surface area (TPSA) is 29.9 Å². The molecule has 2 rings (SSSR count). The molecule has 1 aliphatic heterocycles. The zero-order chi connectivity index (χ0) is 11.9. The van der Waals surface area contributed by atoms with Gasteiger partial charge < -0.3 is 5.32 Å². The molecule has 1 aliphatic rings. The number of alkyl halides is 3. The van der Waals surface area contributed by atoms with Crippen LogP contribution in [0.4, 0.5) is 19.0 Å². The van der Waals surface area contributed by atoms with Gasteiger partial charge in [-0.2, -0.15) is 18.3 Å². The van der Waals surface area contributed by atoms with E-state index in [1.165, 1.54) is 4.68 Å². The summed E-state index contributed by atoms with van der Waals surface area (Å²) in [4.78, 5) is 0. The zero-order valence-electron chi connectivity index (χ0n) is 9.17. The average molecular weight is 233 g/mol. The highest BCUT2D eigenvalue weighted by Gasteiger charge is 2.36. The number of hydrogen-bond donors (Lipinski definition) is 1. The fourth-order valence-electron chi connectivity index (χ4n) is 2.00. The number of halogens is 3. The van der Waals surface area contributed by atoms with Crippen molar-refractivity contribution < 1.29 is 13.2 Å². The van der Waals surface area contributed by atoms with Crippen molar-refractivity contribution in [3.8, 4) is 0 Å². The maximum absolute atomic E-state index is 12.5. The highest BCUT2D eigenvalue weighted by Crippen LogP contribution is 2.35. The second kappa shape index (κ2) is 3.68. The molecule has 0 aromatic carbocycles. The normalized spacial score (nSPS) is 20.8. The molecule has 3 nitrogen and oxygen atoms in total. The van der Waals surface area contributed by atoms with Gasteiger partial charge in [-0.15, -0.1) is 0 Å². The molecule has 0 saturated carbocycles. The first-order valence-electron chi connectivity index (χ1n) is 5.30. The average Bonchev–Trinajstić information content (AvgIpc) is 2.59. The summed E-state index contributed by atoms with van der Waals surface area (Å²) in [5, 5.41) is 6.59. The lowest BCUT2D eigenvalue weighted by Gasteiger charge is -2.28. The predicted molar refractivity (Wildman–Crippen MR) is 54.2 cm³/mol. The van der Waals surface area contributed by atoms with E-state index in [9.17, 15) is 13.2 Å². The summed E-state index contributed by atoms with van der Waals surface area (Å²) in [6.45, 7) is 4.69. The van der Waals surface area contributed by atoms with Crippen LogP contribution >= 0.6 is 0 Å². The largest absolute Gasteiger partial charge is 0.435 e. The predicted octanol–water partition coefficient (Wildman–Crippen LogP) is 2.91. The Hall–Kier alpha value is -1.20. The van der Waals surface area contributed by atoms with E-state index in [0.29, 0.717) is 12.4 Å². The van der Waals surface area contributed by atoms with Gasteiger partial charge in [0.05, 0.1) is 6.04 Å². The van der Waals surface area contributed by atoms with Crippen molar-refractivity contribution in [1.82, 2.24) is 9.78 Å². The Morgan fingerprint density at radius 1 is 1.50 bits per heavy atom. The third kappa shape index (κ3) is 1.88. The molecule has 0 bridgehead atoms. The van der Waals surface area contributed by atoms with Crippen molar-refractivity contribution in [3.05, 3.63) is 11.8 Å². The molecule has 0 spiro atoms. The van der Waals surface area contributed by atoms with Crippen LogP contribution in [0.15, 0.2) is 6.07 Å². The summed E-state index contributed by atoms with van der Waals surface area (Å²) in [7, 11) is 0. The quantitative estimate of drug-likeness (QED) is 0.808. The second-order valence-electron chi connectivity index (χ2n) is 4.38. The fourth-order valence-corrected chi connectivity index (χ4v) is 2.00. The number of nitrogens with zero attached hydrogens (tertiary/aromatic N) is 2.